The molecule has 8 heterocycles. The van der Waals surface area contributed by atoms with Gasteiger partial charge in [0.2, 0.25) is 5.95 Å². The standard InChI is InChI=1S/C22H23F2N9O10P2S2/c23-22(24)9-3-38-44(35,46)42-13-12-18(32-6-28-10-8(25)1-2-27-15(10)32)41-21(13,4-37-12)5-39-45(36,47)43-14(22)19(40-9)33-7-29-11-16(33)30-20(26)31-17(11)34/h1-2,6-7,9,12-14,18-19H,3-5H2,(H2,25,27)(H,35,46)(H,36,47)(H3,26,30,31,34)/t9-,12-,13+,14+,18-,19-,21-,44?,45?/m1/s1. The largest absolute Gasteiger partial charge is 0.397 e. The molecule has 2 unspecified atom stereocenters. The minimum atomic E-state index is -4.57. The van der Waals surface area contributed by atoms with Crippen LogP contribution in [0.25, 0.3) is 22.3 Å². The smallest absolute Gasteiger partial charge is 0.325 e. The number of alkyl halides is 2. The van der Waals surface area contributed by atoms with Crippen molar-refractivity contribution in [1.29, 1.82) is 0 Å². The number of hydrogen-bond acceptors (Lipinski definition) is 16. The summed E-state index contributed by atoms with van der Waals surface area (Å²) in [5, 5.41) is 0. The van der Waals surface area contributed by atoms with Crippen molar-refractivity contribution in [2.75, 3.05) is 31.3 Å². The second-order valence-electron chi connectivity index (χ2n) is 11.1. The number of hydrogen-bond donors (Lipinski definition) is 5. The van der Waals surface area contributed by atoms with Crippen LogP contribution in [0.3, 0.4) is 0 Å². The molecular weight excluding hydrogens is 714 g/mol. The number of nitrogen functional groups attached to an aromatic ring is 2. The first-order chi connectivity index (χ1) is 22.2. The van der Waals surface area contributed by atoms with E-state index in [9.17, 15) is 14.6 Å². The first-order valence-electron chi connectivity index (χ1n) is 13.6. The van der Waals surface area contributed by atoms with Crippen molar-refractivity contribution < 1.29 is 50.9 Å². The fourth-order valence-electron chi connectivity index (χ4n) is 6.03. The van der Waals surface area contributed by atoms with Gasteiger partial charge in [-0.1, -0.05) is 0 Å². The molecular formula is C22H23F2N9O10P2S2. The molecule has 0 aromatic carbocycles. The predicted octanol–water partition coefficient (Wildman–Crippen LogP) is 0.179. The number of aromatic nitrogens is 7. The maximum Gasteiger partial charge on any atom is 0.325 e. The van der Waals surface area contributed by atoms with Gasteiger partial charge in [0, 0.05) is 6.20 Å². The fraction of sp³-hybridized carbons (Fsp3) is 0.500. The fourth-order valence-corrected chi connectivity index (χ4v) is 8.89. The molecule has 9 atom stereocenters. The molecule has 25 heteroatoms. The van der Waals surface area contributed by atoms with Gasteiger partial charge in [-0.3, -0.25) is 28.0 Å². The van der Waals surface area contributed by atoms with Crippen LogP contribution in [0, 0.1) is 0 Å². The number of nitrogens with zero attached hydrogens (tertiary/aromatic N) is 6. The third-order valence-corrected chi connectivity index (χ3v) is 11.3. The molecule has 7 N–H and O–H groups in total. The predicted molar refractivity (Wildman–Crippen MR) is 161 cm³/mol. The number of anilines is 2. The molecule has 0 saturated carbocycles. The second kappa shape index (κ2) is 10.7. The summed E-state index contributed by atoms with van der Waals surface area (Å²) in [6.45, 7) is -10.7. The molecule has 0 aliphatic carbocycles. The van der Waals surface area contributed by atoms with Gasteiger partial charge in [-0.2, -0.15) is 4.98 Å². The van der Waals surface area contributed by atoms with Crippen LogP contribution in [0.4, 0.5) is 20.4 Å². The van der Waals surface area contributed by atoms with Crippen LogP contribution >= 0.6 is 13.4 Å². The SMILES string of the molecule is Nc1nc2c(ncn2[C@@H]2O[C@@H]3COP(O)(=S)O[C@H]4[C@H]5OC[C@]4(COP(O)(=S)O[C@@H]2C3(F)F)O[C@H]5n2cnc3c(N)ccnc32)c(=O)[nH]1. The van der Waals surface area contributed by atoms with Gasteiger partial charge in [-0.15, -0.1) is 0 Å². The molecule has 4 fully saturated rings. The Morgan fingerprint density at radius 3 is 2.47 bits per heavy atom. The number of fused-ring (bicyclic) bond motifs is 4. The molecule has 0 amide bonds. The van der Waals surface area contributed by atoms with E-state index in [-0.39, 0.29) is 23.7 Å². The van der Waals surface area contributed by atoms with E-state index < -0.39 is 80.6 Å². The number of nitrogens with two attached hydrogens (primary N) is 2. The third kappa shape index (κ3) is 5.04. The third-order valence-electron chi connectivity index (χ3n) is 8.19. The number of H-pyrrole nitrogens is 1. The Kier molecular flexibility index (Phi) is 7.19. The Labute approximate surface area is 270 Å². The number of imidazole rings is 2. The second-order valence-corrected chi connectivity index (χ2v) is 16.7. The molecule has 4 bridgehead atoms. The van der Waals surface area contributed by atoms with E-state index in [2.05, 4.69) is 24.9 Å². The zero-order valence-corrected chi connectivity index (χ0v) is 26.8. The average Bonchev–Trinajstić information content (AvgIpc) is 3.79. The van der Waals surface area contributed by atoms with Gasteiger partial charge in [-0.25, -0.2) is 23.7 Å². The lowest BCUT2D eigenvalue weighted by molar-refractivity contribution is -0.183. The Hall–Kier alpha value is -2.63. The van der Waals surface area contributed by atoms with Crippen LogP contribution in [-0.2, 0) is 55.9 Å². The molecule has 4 aromatic heterocycles. The summed E-state index contributed by atoms with van der Waals surface area (Å²) >= 11 is 10.4. The summed E-state index contributed by atoms with van der Waals surface area (Å²) in [6.07, 6.45) is -5.57. The molecule has 4 aliphatic rings. The van der Waals surface area contributed by atoms with E-state index in [4.69, 9.17) is 67.4 Å². The summed E-state index contributed by atoms with van der Waals surface area (Å²) in [7, 11) is 0. The van der Waals surface area contributed by atoms with E-state index in [0.717, 1.165) is 10.9 Å². The van der Waals surface area contributed by atoms with E-state index in [1.165, 1.54) is 17.1 Å². The van der Waals surface area contributed by atoms with Gasteiger partial charge in [0.25, 0.3) is 5.56 Å². The van der Waals surface area contributed by atoms with Crippen LogP contribution < -0.4 is 17.0 Å². The molecule has 19 nitrogen and oxygen atoms in total. The number of rotatable bonds is 2. The van der Waals surface area contributed by atoms with Crippen molar-refractivity contribution in [3.05, 3.63) is 35.3 Å². The molecule has 47 heavy (non-hydrogen) atoms. The first kappa shape index (κ1) is 31.6. The first-order valence-corrected chi connectivity index (χ1v) is 18.8. The van der Waals surface area contributed by atoms with Crippen molar-refractivity contribution in [1.82, 2.24) is 34.1 Å². The van der Waals surface area contributed by atoms with Gasteiger partial charge in [0.1, 0.15) is 23.3 Å². The van der Waals surface area contributed by atoms with Gasteiger partial charge < -0.3 is 44.5 Å². The topological polar surface area (TPSA) is 251 Å². The van der Waals surface area contributed by atoms with Crippen molar-refractivity contribution in [3.63, 3.8) is 0 Å². The molecule has 0 radical (unpaired) electrons. The minimum Gasteiger partial charge on any atom is -0.397 e. The lowest BCUT2D eigenvalue weighted by atomic mass is 10.0. The highest BCUT2D eigenvalue weighted by Crippen LogP contribution is 2.60. The van der Waals surface area contributed by atoms with Gasteiger partial charge in [0.15, 0.2) is 41.5 Å². The highest BCUT2D eigenvalue weighted by atomic mass is 32.5. The molecule has 4 saturated heterocycles. The Morgan fingerprint density at radius 1 is 0.979 bits per heavy atom. The van der Waals surface area contributed by atoms with Crippen molar-refractivity contribution in [2.45, 2.75) is 48.4 Å². The van der Waals surface area contributed by atoms with Crippen LogP contribution in [0.2, 0.25) is 0 Å². The molecule has 4 aliphatic heterocycles. The Morgan fingerprint density at radius 2 is 1.68 bits per heavy atom. The molecule has 8 rings (SSSR count). The lowest BCUT2D eigenvalue weighted by Crippen LogP contribution is -2.46. The summed E-state index contributed by atoms with van der Waals surface area (Å²) in [5.74, 6) is -4.28. The van der Waals surface area contributed by atoms with Crippen LogP contribution in [0.1, 0.15) is 12.5 Å². The highest BCUT2D eigenvalue weighted by molar-refractivity contribution is 8.07. The highest BCUT2D eigenvalue weighted by Gasteiger charge is 2.67. The molecule has 252 valence electrons. The Balaban J connectivity index is 1.16. The summed E-state index contributed by atoms with van der Waals surface area (Å²) in [6, 6.07) is 1.57. The van der Waals surface area contributed by atoms with E-state index >= 15 is 8.78 Å². The number of aromatic amines is 1. The normalized spacial score (nSPS) is 38.6. The maximum atomic E-state index is 16.0. The zero-order valence-electron chi connectivity index (χ0n) is 23.4. The van der Waals surface area contributed by atoms with Gasteiger partial charge in [-0.05, 0) is 29.7 Å². The monoisotopic (exact) mass is 737 g/mol. The van der Waals surface area contributed by atoms with Gasteiger partial charge in [0.05, 0.1) is 38.2 Å². The van der Waals surface area contributed by atoms with Crippen LogP contribution in [0.15, 0.2) is 29.7 Å². The number of nitrogens with one attached hydrogen (secondary N) is 1. The van der Waals surface area contributed by atoms with E-state index in [1.807, 2.05) is 0 Å². The van der Waals surface area contributed by atoms with Gasteiger partial charge >= 0.3 is 19.4 Å². The van der Waals surface area contributed by atoms with Crippen molar-refractivity contribution >= 4 is 71.0 Å². The number of pyridine rings is 1. The minimum absolute atomic E-state index is 0.206. The van der Waals surface area contributed by atoms with E-state index in [0.29, 0.717) is 16.9 Å². The Bertz CT molecular complexity index is 2090. The van der Waals surface area contributed by atoms with Crippen LogP contribution in [0.5, 0.6) is 0 Å². The average molecular weight is 738 g/mol. The summed E-state index contributed by atoms with van der Waals surface area (Å²) in [5.41, 5.74) is 9.98. The zero-order chi connectivity index (χ0) is 33.1. The quantitative estimate of drug-likeness (QED) is 0.172. The van der Waals surface area contributed by atoms with Crippen molar-refractivity contribution in [3.8, 4) is 0 Å². The number of ether oxygens (including phenoxy) is 3. The lowest BCUT2D eigenvalue weighted by Gasteiger charge is -2.33. The molecule has 4 aromatic rings. The maximum absolute atomic E-state index is 16.0. The van der Waals surface area contributed by atoms with Crippen molar-refractivity contribution in [2.24, 2.45) is 0 Å². The van der Waals surface area contributed by atoms with Crippen LogP contribution in [-0.4, -0.2) is 99.6 Å². The summed E-state index contributed by atoms with van der Waals surface area (Å²) in [4.78, 5) is 53.4. The van der Waals surface area contributed by atoms with E-state index in [1.54, 1.807) is 6.07 Å². The number of halogens is 2. The molecule has 0 spiro atoms. The summed E-state index contributed by atoms with van der Waals surface area (Å²) < 4.78 is 74.8.